The Morgan fingerprint density at radius 2 is 1.92 bits per heavy atom. The smallest absolute Gasteiger partial charge is 0.228 e. The first-order valence-electron chi connectivity index (χ1n) is 8.82. The number of amides is 2. The molecule has 0 aliphatic carbocycles. The number of carbonyl (C=O) groups is 2. The average Bonchev–Trinajstić information content (AvgIpc) is 3.24. The number of carbonyl (C=O) groups excluding carboxylic acids is 2. The topological polar surface area (TPSA) is 49.4 Å². The quantitative estimate of drug-likeness (QED) is 0.921. The van der Waals surface area contributed by atoms with Crippen LogP contribution in [0.5, 0.6) is 0 Å². The van der Waals surface area contributed by atoms with E-state index in [0.29, 0.717) is 6.42 Å². The first-order valence-corrected chi connectivity index (χ1v) is 9.70. The Labute approximate surface area is 151 Å². The maximum absolute atomic E-state index is 12.5. The van der Waals surface area contributed by atoms with Gasteiger partial charge in [-0.3, -0.25) is 9.59 Å². The van der Waals surface area contributed by atoms with Crippen LogP contribution in [0.1, 0.15) is 35.6 Å². The molecule has 1 aromatic heterocycles. The molecule has 25 heavy (non-hydrogen) atoms. The van der Waals surface area contributed by atoms with E-state index in [2.05, 4.69) is 5.32 Å². The molecule has 2 saturated heterocycles. The highest BCUT2D eigenvalue weighted by atomic mass is 32.1. The van der Waals surface area contributed by atoms with Gasteiger partial charge >= 0.3 is 0 Å². The Balaban J connectivity index is 1.38. The molecule has 5 heteroatoms. The summed E-state index contributed by atoms with van der Waals surface area (Å²) in [5.41, 5.74) is 0.949. The molecule has 2 aromatic rings. The maximum Gasteiger partial charge on any atom is 0.228 e. The predicted octanol–water partition coefficient (Wildman–Crippen LogP) is 2.96. The lowest BCUT2D eigenvalue weighted by molar-refractivity contribution is -0.132. The van der Waals surface area contributed by atoms with Gasteiger partial charge in [-0.15, -0.1) is 11.3 Å². The van der Waals surface area contributed by atoms with Crippen molar-refractivity contribution < 1.29 is 9.59 Å². The van der Waals surface area contributed by atoms with E-state index in [1.165, 1.54) is 0 Å². The molecule has 4 rings (SSSR count). The van der Waals surface area contributed by atoms with E-state index in [4.69, 9.17) is 0 Å². The van der Waals surface area contributed by atoms with Crippen LogP contribution in [0.15, 0.2) is 47.8 Å². The Bertz CT molecular complexity index is 749. The number of thiophene rings is 1. The first kappa shape index (κ1) is 16.3. The lowest BCUT2D eigenvalue weighted by Crippen LogP contribution is -2.52. The Kier molecular flexibility index (Phi) is 4.34. The minimum absolute atomic E-state index is 0.0606. The molecule has 2 amide bonds. The van der Waals surface area contributed by atoms with Crippen LogP contribution in [-0.4, -0.2) is 35.3 Å². The summed E-state index contributed by atoms with van der Waals surface area (Å²) < 4.78 is 0. The number of hydrogen-bond acceptors (Lipinski definition) is 3. The van der Waals surface area contributed by atoms with E-state index in [1.807, 2.05) is 52.7 Å². The predicted molar refractivity (Wildman–Crippen MR) is 98.5 cm³/mol. The fourth-order valence-corrected chi connectivity index (χ4v) is 4.72. The van der Waals surface area contributed by atoms with Crippen molar-refractivity contribution in [1.82, 2.24) is 10.2 Å². The minimum atomic E-state index is -0.142. The van der Waals surface area contributed by atoms with Gasteiger partial charge in [-0.1, -0.05) is 36.4 Å². The van der Waals surface area contributed by atoms with Gasteiger partial charge in [-0.25, -0.2) is 0 Å². The maximum atomic E-state index is 12.5. The van der Waals surface area contributed by atoms with Gasteiger partial charge in [0.05, 0.1) is 12.3 Å². The van der Waals surface area contributed by atoms with Crippen LogP contribution in [0.4, 0.5) is 0 Å². The molecule has 0 saturated carbocycles. The molecule has 4 nitrogen and oxygen atoms in total. The molecule has 0 unspecified atom stereocenters. The zero-order chi connectivity index (χ0) is 17.3. The first-order chi connectivity index (χ1) is 12.2. The molecule has 1 N–H and O–H groups in total. The second-order valence-corrected chi connectivity index (χ2v) is 8.11. The standard InChI is InChI=1S/C20H22N2O2S/c23-18(13-16-7-4-12-25-16)22-10-8-20(9-11-22)14-17(19(24)21-20)15-5-2-1-3-6-15/h1-7,12,17H,8-11,13-14H2,(H,21,24)/t17-/m1/s1. The number of hydrogen-bond donors (Lipinski definition) is 1. The highest BCUT2D eigenvalue weighted by Crippen LogP contribution is 2.39. The molecule has 2 aliphatic rings. The van der Waals surface area contributed by atoms with Gasteiger partial charge in [-0.05, 0) is 36.3 Å². The molecule has 2 aliphatic heterocycles. The second-order valence-electron chi connectivity index (χ2n) is 7.07. The number of nitrogens with zero attached hydrogens (tertiary/aromatic N) is 1. The number of benzene rings is 1. The zero-order valence-electron chi connectivity index (χ0n) is 14.1. The Morgan fingerprint density at radius 1 is 1.16 bits per heavy atom. The molecule has 3 heterocycles. The summed E-state index contributed by atoms with van der Waals surface area (Å²) in [5.74, 6) is 0.264. The van der Waals surface area contributed by atoms with Gasteiger partial charge < -0.3 is 10.2 Å². The summed E-state index contributed by atoms with van der Waals surface area (Å²) in [5, 5.41) is 5.25. The third-order valence-electron chi connectivity index (χ3n) is 5.48. The molecule has 0 bridgehead atoms. The van der Waals surface area contributed by atoms with Crippen molar-refractivity contribution in [3.05, 3.63) is 58.3 Å². The van der Waals surface area contributed by atoms with E-state index in [9.17, 15) is 9.59 Å². The van der Waals surface area contributed by atoms with E-state index < -0.39 is 0 Å². The molecule has 0 radical (unpaired) electrons. The third-order valence-corrected chi connectivity index (χ3v) is 6.36. The summed E-state index contributed by atoms with van der Waals surface area (Å²) in [6.07, 6.45) is 3.02. The second kappa shape index (κ2) is 6.64. The summed E-state index contributed by atoms with van der Waals surface area (Å²) in [4.78, 5) is 28.0. The SMILES string of the molecule is O=C1NC2(CCN(C(=O)Cc3cccs3)CC2)C[C@@H]1c1ccccc1. The minimum Gasteiger partial charge on any atom is -0.350 e. The van der Waals surface area contributed by atoms with Gasteiger partial charge in [0.15, 0.2) is 0 Å². The van der Waals surface area contributed by atoms with E-state index in [0.717, 1.165) is 42.8 Å². The van der Waals surface area contributed by atoms with Crippen molar-refractivity contribution >= 4 is 23.2 Å². The van der Waals surface area contributed by atoms with E-state index >= 15 is 0 Å². The fraction of sp³-hybridized carbons (Fsp3) is 0.400. The van der Waals surface area contributed by atoms with Crippen molar-refractivity contribution in [1.29, 1.82) is 0 Å². The van der Waals surface area contributed by atoms with Gasteiger partial charge in [0.1, 0.15) is 0 Å². The van der Waals surface area contributed by atoms with Gasteiger partial charge in [0.25, 0.3) is 0 Å². The third kappa shape index (κ3) is 3.33. The number of rotatable bonds is 3. The van der Waals surface area contributed by atoms with E-state index in [-0.39, 0.29) is 23.3 Å². The molecular formula is C20H22N2O2S. The average molecular weight is 354 g/mol. The highest BCUT2D eigenvalue weighted by Gasteiger charge is 2.46. The van der Waals surface area contributed by atoms with Crippen LogP contribution in [0, 0.1) is 0 Å². The number of piperidine rings is 1. The molecule has 2 fully saturated rings. The number of likely N-dealkylation sites (tertiary alicyclic amines) is 1. The Hall–Kier alpha value is -2.14. The van der Waals surface area contributed by atoms with E-state index in [1.54, 1.807) is 11.3 Å². The van der Waals surface area contributed by atoms with Crippen LogP contribution in [0.2, 0.25) is 0 Å². The lowest BCUT2D eigenvalue weighted by atomic mass is 9.82. The summed E-state index contributed by atoms with van der Waals surface area (Å²) in [7, 11) is 0. The van der Waals surface area contributed by atoms with Crippen LogP contribution in [-0.2, 0) is 16.0 Å². The van der Waals surface area contributed by atoms with Crippen LogP contribution in [0.25, 0.3) is 0 Å². The van der Waals surface area contributed by atoms with Crippen molar-refractivity contribution in [3.63, 3.8) is 0 Å². The van der Waals surface area contributed by atoms with Gasteiger partial charge in [0.2, 0.25) is 11.8 Å². The van der Waals surface area contributed by atoms with Crippen LogP contribution < -0.4 is 5.32 Å². The summed E-state index contributed by atoms with van der Waals surface area (Å²) in [6, 6.07) is 14.0. The van der Waals surface area contributed by atoms with Gasteiger partial charge in [0, 0.05) is 23.5 Å². The van der Waals surface area contributed by atoms with Crippen molar-refractivity contribution in [2.75, 3.05) is 13.1 Å². The molecular weight excluding hydrogens is 332 g/mol. The fourth-order valence-electron chi connectivity index (χ4n) is 4.02. The van der Waals surface area contributed by atoms with Crippen molar-refractivity contribution in [2.45, 2.75) is 37.1 Å². The number of nitrogens with one attached hydrogen (secondary N) is 1. The Morgan fingerprint density at radius 3 is 2.60 bits per heavy atom. The van der Waals surface area contributed by atoms with Gasteiger partial charge in [-0.2, -0.15) is 0 Å². The molecule has 130 valence electrons. The summed E-state index contributed by atoms with van der Waals surface area (Å²) >= 11 is 1.63. The monoisotopic (exact) mass is 354 g/mol. The largest absolute Gasteiger partial charge is 0.350 e. The zero-order valence-corrected chi connectivity index (χ0v) is 14.9. The molecule has 1 atom stereocenters. The van der Waals surface area contributed by atoms with Crippen LogP contribution in [0.3, 0.4) is 0 Å². The normalized spacial score (nSPS) is 22.2. The highest BCUT2D eigenvalue weighted by molar-refractivity contribution is 7.10. The lowest BCUT2D eigenvalue weighted by Gasteiger charge is -2.39. The molecule has 1 spiro atoms. The van der Waals surface area contributed by atoms with Crippen molar-refractivity contribution in [2.24, 2.45) is 0 Å². The summed E-state index contributed by atoms with van der Waals surface area (Å²) in [6.45, 7) is 1.46. The van der Waals surface area contributed by atoms with Crippen molar-refractivity contribution in [3.8, 4) is 0 Å². The van der Waals surface area contributed by atoms with Crippen LogP contribution >= 0.6 is 11.3 Å². The molecule has 1 aromatic carbocycles.